The van der Waals surface area contributed by atoms with E-state index in [-0.39, 0.29) is 25.2 Å². The van der Waals surface area contributed by atoms with Crippen molar-refractivity contribution in [2.75, 3.05) is 13.2 Å². The molecule has 5 heteroatoms. The maximum Gasteiger partial charge on any atom is 0.306 e. The minimum atomic E-state index is -0.766. The highest BCUT2D eigenvalue weighted by atomic mass is 16.6. The fraction of sp³-hybridized carbons (Fsp3) is 0.797. The van der Waals surface area contributed by atoms with Gasteiger partial charge in [0.15, 0.2) is 6.10 Å². The van der Waals surface area contributed by atoms with Gasteiger partial charge < -0.3 is 14.6 Å². The average Bonchev–Trinajstić information content (AvgIpc) is 3.30. The van der Waals surface area contributed by atoms with Gasteiger partial charge >= 0.3 is 11.9 Å². The van der Waals surface area contributed by atoms with Gasteiger partial charge in [0.25, 0.3) is 0 Å². The van der Waals surface area contributed by atoms with Crippen molar-refractivity contribution in [2.24, 2.45) is 0 Å². The highest BCUT2D eigenvalue weighted by Gasteiger charge is 2.16. The molecule has 0 aliphatic heterocycles. The van der Waals surface area contributed by atoms with Crippen molar-refractivity contribution < 1.29 is 24.2 Å². The zero-order valence-electron chi connectivity index (χ0n) is 42.5. The first-order valence-corrected chi connectivity index (χ1v) is 27.8. The monoisotopic (exact) mass is 895 g/mol. The molecule has 0 heterocycles. The number of unbranched alkanes of at least 4 members (excludes halogenated alkanes) is 33. The van der Waals surface area contributed by atoms with Crippen LogP contribution in [-0.2, 0) is 19.1 Å². The lowest BCUT2D eigenvalue weighted by atomic mass is 10.0. The number of hydrogen-bond acceptors (Lipinski definition) is 5. The number of allylic oxidation sites excluding steroid dienone is 10. The third kappa shape index (κ3) is 52.2. The van der Waals surface area contributed by atoms with Crippen LogP contribution in [0.25, 0.3) is 0 Å². The lowest BCUT2D eigenvalue weighted by Crippen LogP contribution is -2.28. The Balaban J connectivity index is 3.36. The van der Waals surface area contributed by atoms with E-state index in [0.29, 0.717) is 12.8 Å². The smallest absolute Gasteiger partial charge is 0.306 e. The molecular formula is C59H106O5. The molecule has 0 aliphatic carbocycles. The van der Waals surface area contributed by atoms with E-state index >= 15 is 0 Å². The van der Waals surface area contributed by atoms with Crippen molar-refractivity contribution in [3.8, 4) is 0 Å². The van der Waals surface area contributed by atoms with E-state index in [1.165, 1.54) is 186 Å². The molecule has 0 aromatic heterocycles. The van der Waals surface area contributed by atoms with Crippen LogP contribution in [0.15, 0.2) is 60.8 Å². The zero-order valence-corrected chi connectivity index (χ0v) is 42.5. The van der Waals surface area contributed by atoms with E-state index in [0.717, 1.165) is 70.6 Å². The van der Waals surface area contributed by atoms with Gasteiger partial charge in [0, 0.05) is 12.8 Å². The molecule has 0 amide bonds. The first-order valence-electron chi connectivity index (χ1n) is 27.8. The summed E-state index contributed by atoms with van der Waals surface area (Å²) in [7, 11) is 0. The molecule has 64 heavy (non-hydrogen) atoms. The second kappa shape index (κ2) is 54.9. The van der Waals surface area contributed by atoms with Gasteiger partial charge in [-0.25, -0.2) is 0 Å². The van der Waals surface area contributed by atoms with Crippen molar-refractivity contribution in [1.29, 1.82) is 0 Å². The van der Waals surface area contributed by atoms with E-state index in [4.69, 9.17) is 9.47 Å². The summed E-state index contributed by atoms with van der Waals surface area (Å²) in [6.07, 6.45) is 73.7. The van der Waals surface area contributed by atoms with Crippen molar-refractivity contribution >= 4 is 11.9 Å². The highest BCUT2D eigenvalue weighted by molar-refractivity contribution is 5.70. The van der Waals surface area contributed by atoms with Crippen LogP contribution in [-0.4, -0.2) is 36.4 Å². The zero-order chi connectivity index (χ0) is 46.3. The van der Waals surface area contributed by atoms with Gasteiger partial charge in [0.2, 0.25) is 0 Å². The van der Waals surface area contributed by atoms with E-state index < -0.39 is 6.10 Å². The molecule has 0 aromatic carbocycles. The molecule has 1 atom stereocenters. The molecule has 0 fully saturated rings. The van der Waals surface area contributed by atoms with Crippen LogP contribution in [0, 0.1) is 0 Å². The van der Waals surface area contributed by atoms with Crippen molar-refractivity contribution in [3.63, 3.8) is 0 Å². The Bertz CT molecular complexity index is 1100. The number of carbonyl (C=O) groups excluding carboxylic acids is 2. The second-order valence-electron chi connectivity index (χ2n) is 18.6. The van der Waals surface area contributed by atoms with Gasteiger partial charge in [0.05, 0.1) is 6.61 Å². The third-order valence-corrected chi connectivity index (χ3v) is 12.3. The van der Waals surface area contributed by atoms with Crippen LogP contribution in [0.5, 0.6) is 0 Å². The van der Waals surface area contributed by atoms with E-state index in [1.54, 1.807) is 0 Å². The molecule has 0 bridgehead atoms. The molecule has 0 aromatic rings. The minimum Gasteiger partial charge on any atom is -0.462 e. The fourth-order valence-corrected chi connectivity index (χ4v) is 8.17. The van der Waals surface area contributed by atoms with Crippen molar-refractivity contribution in [2.45, 2.75) is 290 Å². The van der Waals surface area contributed by atoms with Crippen LogP contribution in [0.3, 0.4) is 0 Å². The summed E-state index contributed by atoms with van der Waals surface area (Å²) in [5.41, 5.74) is 0. The van der Waals surface area contributed by atoms with E-state index in [9.17, 15) is 14.7 Å². The summed E-state index contributed by atoms with van der Waals surface area (Å²) < 4.78 is 10.6. The van der Waals surface area contributed by atoms with Crippen LogP contribution in [0.4, 0.5) is 0 Å². The van der Waals surface area contributed by atoms with Gasteiger partial charge in [-0.1, -0.05) is 274 Å². The summed E-state index contributed by atoms with van der Waals surface area (Å²) in [4.78, 5) is 24.3. The lowest BCUT2D eigenvalue weighted by Gasteiger charge is -2.15. The number of ether oxygens (including phenoxy) is 2. The molecule has 0 radical (unpaired) electrons. The summed E-state index contributed by atoms with van der Waals surface area (Å²) in [5, 5.41) is 9.58. The van der Waals surface area contributed by atoms with Crippen LogP contribution in [0.1, 0.15) is 284 Å². The molecule has 1 unspecified atom stereocenters. The number of aliphatic hydroxyl groups is 1. The first kappa shape index (κ1) is 61.6. The molecule has 372 valence electrons. The van der Waals surface area contributed by atoms with Crippen LogP contribution >= 0.6 is 0 Å². The molecule has 0 rings (SSSR count). The van der Waals surface area contributed by atoms with Gasteiger partial charge in [-0.2, -0.15) is 0 Å². The largest absolute Gasteiger partial charge is 0.462 e. The number of carbonyl (C=O) groups is 2. The third-order valence-electron chi connectivity index (χ3n) is 12.3. The summed E-state index contributed by atoms with van der Waals surface area (Å²) >= 11 is 0. The summed E-state index contributed by atoms with van der Waals surface area (Å²) in [6.45, 7) is 4.02. The molecular weight excluding hydrogens is 789 g/mol. The van der Waals surface area contributed by atoms with Crippen LogP contribution < -0.4 is 0 Å². The Morgan fingerprint density at radius 1 is 0.375 bits per heavy atom. The van der Waals surface area contributed by atoms with E-state index in [1.807, 2.05) is 0 Å². The van der Waals surface area contributed by atoms with Crippen LogP contribution in [0.2, 0.25) is 0 Å². The molecule has 0 aliphatic rings. The topological polar surface area (TPSA) is 72.8 Å². The Morgan fingerprint density at radius 2 is 0.672 bits per heavy atom. The van der Waals surface area contributed by atoms with Gasteiger partial charge in [-0.15, -0.1) is 0 Å². The maximum atomic E-state index is 12.2. The molecule has 0 spiro atoms. The lowest BCUT2D eigenvalue weighted by molar-refractivity contribution is -0.161. The average molecular weight is 895 g/mol. The Kier molecular flexibility index (Phi) is 52.9. The number of hydrogen-bond donors (Lipinski definition) is 1. The highest BCUT2D eigenvalue weighted by Crippen LogP contribution is 2.17. The van der Waals surface area contributed by atoms with Crippen molar-refractivity contribution in [1.82, 2.24) is 0 Å². The quantitative estimate of drug-likeness (QED) is 0.0374. The number of aliphatic hydroxyl groups excluding tert-OH is 1. The number of rotatable bonds is 51. The van der Waals surface area contributed by atoms with Crippen molar-refractivity contribution in [3.05, 3.63) is 60.8 Å². The fourth-order valence-electron chi connectivity index (χ4n) is 8.17. The Hall–Kier alpha value is -2.40. The van der Waals surface area contributed by atoms with E-state index in [2.05, 4.69) is 74.6 Å². The van der Waals surface area contributed by atoms with Gasteiger partial charge in [-0.3, -0.25) is 9.59 Å². The summed E-state index contributed by atoms with van der Waals surface area (Å²) in [5.74, 6) is -0.581. The predicted molar refractivity (Wildman–Crippen MR) is 279 cm³/mol. The Morgan fingerprint density at radius 3 is 1.02 bits per heavy atom. The summed E-state index contributed by atoms with van der Waals surface area (Å²) in [6, 6.07) is 0. The molecule has 1 N–H and O–H groups in total. The minimum absolute atomic E-state index is 0.0608. The maximum absolute atomic E-state index is 12.2. The van der Waals surface area contributed by atoms with Gasteiger partial charge in [-0.05, 0) is 57.8 Å². The second-order valence-corrected chi connectivity index (χ2v) is 18.6. The molecule has 0 saturated heterocycles. The SMILES string of the molecule is CC/C=C\C/C=C\C/C=C\C/C=C\C/C=C\CCCCCCCCCCCCCCCCCCCCCCCCCCCC(=O)OC(CO)COC(=O)CCCCCCCCCCC. The normalized spacial score (nSPS) is 12.6. The molecule has 5 nitrogen and oxygen atoms in total. The standard InChI is InChI=1S/C59H106O5/c1-3-5-7-9-11-13-14-15-16-17-18-19-20-21-22-23-24-25-26-27-28-29-30-31-32-33-34-35-36-37-38-39-40-41-42-43-44-46-48-50-52-54-59(62)64-57(55-60)56-63-58(61)53-51-49-47-45-12-10-8-6-4-2/h5,7,11,13,15-16,18-19,21-22,57,60H,3-4,6,8-10,12,14,17,20,23-56H2,1-2H3/b7-5-,13-11-,16-15-,19-18-,22-21-. The molecule has 0 saturated carbocycles. The predicted octanol–water partition coefficient (Wildman–Crippen LogP) is 18.6. The Labute approximate surface area is 398 Å². The van der Waals surface area contributed by atoms with Gasteiger partial charge in [0.1, 0.15) is 6.61 Å². The first-order chi connectivity index (χ1) is 31.6. The number of esters is 2.